The fourth-order valence-electron chi connectivity index (χ4n) is 3.78. The van der Waals surface area contributed by atoms with Gasteiger partial charge in [-0.2, -0.15) is 0 Å². The first-order valence-corrected chi connectivity index (χ1v) is 11.2. The van der Waals surface area contributed by atoms with Gasteiger partial charge in [-0.3, -0.25) is 14.4 Å². The molecule has 0 bridgehead atoms. The van der Waals surface area contributed by atoms with Crippen LogP contribution in [0.5, 0.6) is 0 Å². The van der Waals surface area contributed by atoms with Crippen molar-refractivity contribution in [2.45, 2.75) is 58.4 Å². The van der Waals surface area contributed by atoms with E-state index in [4.69, 9.17) is 0 Å². The molecule has 32 heavy (non-hydrogen) atoms. The fraction of sp³-hybridized carbons (Fsp3) is 0.423. The van der Waals surface area contributed by atoms with Crippen LogP contribution in [0.25, 0.3) is 11.1 Å². The number of nitrogens with one attached hydrogen (secondary N) is 1. The van der Waals surface area contributed by atoms with Gasteiger partial charge < -0.3 is 15.5 Å². The van der Waals surface area contributed by atoms with Crippen molar-refractivity contribution < 1.29 is 24.6 Å². The highest BCUT2D eigenvalue weighted by molar-refractivity contribution is 5.83. The van der Waals surface area contributed by atoms with Gasteiger partial charge in [0.2, 0.25) is 5.91 Å². The lowest BCUT2D eigenvalue weighted by molar-refractivity contribution is -0.142. The highest BCUT2D eigenvalue weighted by Gasteiger charge is 2.26. The monoisotopic (exact) mass is 439 g/mol. The molecule has 3 atom stereocenters. The molecule has 6 nitrogen and oxygen atoms in total. The van der Waals surface area contributed by atoms with Gasteiger partial charge in [0.15, 0.2) is 0 Å². The van der Waals surface area contributed by atoms with Crippen molar-refractivity contribution in [3.05, 3.63) is 60.2 Å². The van der Waals surface area contributed by atoms with Crippen LogP contribution in [0.3, 0.4) is 0 Å². The predicted molar refractivity (Wildman–Crippen MR) is 124 cm³/mol. The second kappa shape index (κ2) is 12.6. The number of unbranched alkanes of at least 4 members (excludes halogenated alkanes) is 1. The summed E-state index contributed by atoms with van der Waals surface area (Å²) in [6.45, 7) is 3.61. The predicted octanol–water partition coefficient (Wildman–Crippen LogP) is 4.77. The molecule has 0 aliphatic rings. The minimum Gasteiger partial charge on any atom is -0.481 e. The summed E-state index contributed by atoms with van der Waals surface area (Å²) in [6, 6.07) is 17.6. The van der Waals surface area contributed by atoms with Gasteiger partial charge in [-0.15, -0.1) is 0 Å². The topological polar surface area (TPSA) is 104 Å². The molecule has 0 aromatic heterocycles. The van der Waals surface area contributed by atoms with Crippen molar-refractivity contribution in [2.75, 3.05) is 0 Å². The van der Waals surface area contributed by atoms with E-state index < -0.39 is 29.8 Å². The Balaban J connectivity index is 2.14. The first-order valence-electron chi connectivity index (χ1n) is 11.2. The minimum atomic E-state index is -1.01. The number of aliphatic carboxylic acids is 2. The summed E-state index contributed by atoms with van der Waals surface area (Å²) >= 11 is 0. The number of hydrogen-bond donors (Lipinski definition) is 3. The van der Waals surface area contributed by atoms with Crippen molar-refractivity contribution in [3.8, 4) is 11.1 Å². The second-order valence-corrected chi connectivity index (χ2v) is 8.38. The number of carbonyl (C=O) groups excluding carboxylic acids is 1. The van der Waals surface area contributed by atoms with Crippen LogP contribution in [0.1, 0.15) is 51.5 Å². The van der Waals surface area contributed by atoms with Gasteiger partial charge in [0.1, 0.15) is 0 Å². The van der Waals surface area contributed by atoms with Gasteiger partial charge in [-0.1, -0.05) is 81.3 Å². The molecule has 2 aromatic carbocycles. The Morgan fingerprint density at radius 1 is 0.938 bits per heavy atom. The number of amides is 1. The second-order valence-electron chi connectivity index (χ2n) is 8.38. The van der Waals surface area contributed by atoms with Crippen molar-refractivity contribution in [2.24, 2.45) is 11.8 Å². The molecule has 0 unspecified atom stereocenters. The zero-order valence-electron chi connectivity index (χ0n) is 18.8. The molecule has 2 rings (SSSR count). The van der Waals surface area contributed by atoms with Gasteiger partial charge in [-0.25, -0.2) is 0 Å². The van der Waals surface area contributed by atoms with Crippen molar-refractivity contribution in [1.29, 1.82) is 0 Å². The van der Waals surface area contributed by atoms with E-state index in [0.717, 1.165) is 29.5 Å². The first-order chi connectivity index (χ1) is 15.3. The lowest BCUT2D eigenvalue weighted by atomic mass is 9.93. The maximum atomic E-state index is 12.9. The van der Waals surface area contributed by atoms with E-state index in [1.165, 1.54) is 0 Å². The molecule has 3 N–H and O–H groups in total. The van der Waals surface area contributed by atoms with E-state index in [2.05, 4.69) is 5.32 Å². The summed E-state index contributed by atoms with van der Waals surface area (Å²) in [5.74, 6) is -3.48. The van der Waals surface area contributed by atoms with Crippen LogP contribution in [0, 0.1) is 11.8 Å². The molecule has 1 amide bonds. The van der Waals surface area contributed by atoms with Gasteiger partial charge in [0, 0.05) is 12.0 Å². The Labute approximate surface area is 189 Å². The standard InChI is InChI=1S/C26H33NO5/c1-3-4-8-22(17-24(28)29)25(30)27-23(15-18(2)26(31)32)16-19-11-13-21(14-12-19)20-9-6-5-7-10-20/h5-7,9-14,18,22-23H,3-4,8,15-17H2,1-2H3,(H,27,30)(H,28,29)(H,31,32)/t18-,22+,23+/m1/s1. The number of rotatable bonds is 13. The normalized spacial score (nSPS) is 13.7. The molecule has 0 fully saturated rings. The molecule has 0 radical (unpaired) electrons. The number of hydrogen-bond acceptors (Lipinski definition) is 3. The molecular formula is C26H33NO5. The van der Waals surface area contributed by atoms with Gasteiger partial charge in [0.25, 0.3) is 0 Å². The zero-order chi connectivity index (χ0) is 23.5. The molecule has 0 saturated carbocycles. The summed E-state index contributed by atoms with van der Waals surface area (Å²) in [6.07, 6.45) is 2.67. The summed E-state index contributed by atoms with van der Waals surface area (Å²) < 4.78 is 0. The lowest BCUT2D eigenvalue weighted by Gasteiger charge is -2.24. The molecule has 0 heterocycles. The third-order valence-electron chi connectivity index (χ3n) is 5.65. The minimum absolute atomic E-state index is 0.223. The van der Waals surface area contributed by atoms with Gasteiger partial charge in [0.05, 0.1) is 12.3 Å². The SMILES string of the molecule is CCCC[C@@H](CC(=O)O)C(=O)N[C@H](Cc1ccc(-c2ccccc2)cc1)C[C@@H](C)C(=O)O. The summed E-state index contributed by atoms with van der Waals surface area (Å²) in [4.78, 5) is 35.5. The zero-order valence-corrected chi connectivity index (χ0v) is 18.8. The van der Waals surface area contributed by atoms with Crippen LogP contribution in [0.2, 0.25) is 0 Å². The van der Waals surface area contributed by atoms with Crippen LogP contribution in [0.4, 0.5) is 0 Å². The van der Waals surface area contributed by atoms with Crippen molar-refractivity contribution in [3.63, 3.8) is 0 Å². The average Bonchev–Trinajstić information content (AvgIpc) is 2.77. The van der Waals surface area contributed by atoms with Crippen molar-refractivity contribution in [1.82, 2.24) is 5.32 Å². The van der Waals surface area contributed by atoms with E-state index in [1.807, 2.05) is 61.5 Å². The maximum Gasteiger partial charge on any atom is 0.306 e. The molecule has 0 aliphatic heterocycles. The summed E-state index contributed by atoms with van der Waals surface area (Å²) in [5.41, 5.74) is 3.17. The average molecular weight is 440 g/mol. The quantitative estimate of drug-likeness (QED) is 0.417. The Bertz CT molecular complexity index is 879. The fourth-order valence-corrected chi connectivity index (χ4v) is 3.78. The van der Waals surface area contributed by atoms with Crippen LogP contribution >= 0.6 is 0 Å². The van der Waals surface area contributed by atoms with E-state index in [1.54, 1.807) is 6.92 Å². The van der Waals surface area contributed by atoms with Crippen LogP contribution in [-0.2, 0) is 20.8 Å². The number of carbonyl (C=O) groups is 3. The smallest absolute Gasteiger partial charge is 0.306 e. The van der Waals surface area contributed by atoms with E-state index in [9.17, 15) is 24.6 Å². The number of benzene rings is 2. The number of carboxylic acids is 2. The van der Waals surface area contributed by atoms with Crippen molar-refractivity contribution >= 4 is 17.8 Å². The Hall–Kier alpha value is -3.15. The third kappa shape index (κ3) is 8.17. The summed E-state index contributed by atoms with van der Waals surface area (Å²) in [7, 11) is 0. The lowest BCUT2D eigenvalue weighted by Crippen LogP contribution is -2.42. The number of carboxylic acid groups (broad SMARTS) is 2. The highest BCUT2D eigenvalue weighted by Crippen LogP contribution is 2.21. The molecule has 0 aliphatic carbocycles. The largest absolute Gasteiger partial charge is 0.481 e. The van der Waals surface area contributed by atoms with Crippen LogP contribution in [-0.4, -0.2) is 34.1 Å². The van der Waals surface area contributed by atoms with Crippen LogP contribution < -0.4 is 5.32 Å². The highest BCUT2D eigenvalue weighted by atomic mass is 16.4. The molecular weight excluding hydrogens is 406 g/mol. The van der Waals surface area contributed by atoms with Gasteiger partial charge in [-0.05, 0) is 36.0 Å². The first kappa shape index (κ1) is 25.1. The molecule has 0 spiro atoms. The Morgan fingerprint density at radius 3 is 2.12 bits per heavy atom. The maximum absolute atomic E-state index is 12.9. The van der Waals surface area contributed by atoms with Gasteiger partial charge >= 0.3 is 11.9 Å². The molecule has 172 valence electrons. The third-order valence-corrected chi connectivity index (χ3v) is 5.65. The molecule has 6 heteroatoms. The van der Waals surface area contributed by atoms with E-state index >= 15 is 0 Å². The molecule has 0 saturated heterocycles. The van der Waals surface area contributed by atoms with E-state index in [-0.39, 0.29) is 18.7 Å². The molecule has 2 aromatic rings. The summed E-state index contributed by atoms with van der Waals surface area (Å²) in [5, 5.41) is 21.5. The Morgan fingerprint density at radius 2 is 1.56 bits per heavy atom. The Kier molecular flexibility index (Phi) is 9.92. The van der Waals surface area contributed by atoms with Crippen LogP contribution in [0.15, 0.2) is 54.6 Å². The van der Waals surface area contributed by atoms with E-state index in [0.29, 0.717) is 12.8 Å².